The molecule has 2 aromatic carbocycles. The van der Waals surface area contributed by atoms with Gasteiger partial charge >= 0.3 is 0 Å². The lowest BCUT2D eigenvalue weighted by molar-refractivity contribution is 0.110. The number of nitrogens with zero attached hydrogens (tertiary/aromatic N) is 2. The van der Waals surface area contributed by atoms with Crippen LogP contribution in [-0.2, 0) is 12.8 Å². The van der Waals surface area contributed by atoms with E-state index in [2.05, 4.69) is 42.0 Å². The van der Waals surface area contributed by atoms with Crippen molar-refractivity contribution in [2.24, 2.45) is 0 Å². The highest BCUT2D eigenvalue weighted by Gasteiger charge is 2.29. The van der Waals surface area contributed by atoms with Gasteiger partial charge in [-0.25, -0.2) is 4.39 Å². The molecule has 2 aliphatic heterocycles. The molecule has 4 heteroatoms. The normalized spacial score (nSPS) is 21.5. The maximum atomic E-state index is 13.8. The predicted octanol–water partition coefficient (Wildman–Crippen LogP) is 4.38. The van der Waals surface area contributed by atoms with Crippen LogP contribution in [0.3, 0.4) is 0 Å². The van der Waals surface area contributed by atoms with E-state index < -0.39 is 0 Å². The van der Waals surface area contributed by atoms with Gasteiger partial charge in [0.25, 0.3) is 0 Å². The lowest BCUT2D eigenvalue weighted by atomic mass is 9.95. The molecule has 0 amide bonds. The molecule has 1 fully saturated rings. The number of hydrogen-bond donors (Lipinski definition) is 0. The topological polar surface area (TPSA) is 6.48 Å². The first-order valence-corrected chi connectivity index (χ1v) is 9.97. The number of rotatable bonds is 2. The third kappa shape index (κ3) is 3.48. The molecule has 0 saturated carbocycles. The predicted molar refractivity (Wildman–Crippen MR) is 102 cm³/mol. The fraction of sp³-hybridized carbons (Fsp3) is 0.429. The minimum absolute atomic E-state index is 0.143. The van der Waals surface area contributed by atoms with Crippen LogP contribution in [0.1, 0.15) is 29.7 Å². The van der Waals surface area contributed by atoms with Gasteiger partial charge in [-0.05, 0) is 54.8 Å². The van der Waals surface area contributed by atoms with Crippen molar-refractivity contribution in [2.45, 2.75) is 35.6 Å². The summed E-state index contributed by atoms with van der Waals surface area (Å²) in [4.78, 5) is 7.37. The zero-order valence-electron chi connectivity index (χ0n) is 15.0. The molecule has 2 aromatic rings. The SMILES string of the molecule is CCc1ccc2c(c1)[C@H](N1CCN(C)CC1)Cc1ccc(F)cc1S2. The molecule has 0 bridgehead atoms. The first-order chi connectivity index (χ1) is 12.1. The summed E-state index contributed by atoms with van der Waals surface area (Å²) in [6.45, 7) is 6.63. The van der Waals surface area contributed by atoms with Crippen molar-refractivity contribution < 1.29 is 4.39 Å². The van der Waals surface area contributed by atoms with E-state index in [4.69, 9.17) is 0 Å². The Bertz CT molecular complexity index is 768. The van der Waals surface area contributed by atoms with Crippen LogP contribution in [0.4, 0.5) is 4.39 Å². The Hall–Kier alpha value is -1.36. The molecule has 4 rings (SSSR count). The summed E-state index contributed by atoms with van der Waals surface area (Å²) >= 11 is 1.73. The van der Waals surface area contributed by atoms with Gasteiger partial charge < -0.3 is 4.90 Å². The lowest BCUT2D eigenvalue weighted by Crippen LogP contribution is -2.46. The quantitative estimate of drug-likeness (QED) is 0.788. The van der Waals surface area contributed by atoms with Crippen molar-refractivity contribution in [2.75, 3.05) is 33.2 Å². The van der Waals surface area contributed by atoms with E-state index in [1.54, 1.807) is 23.9 Å². The van der Waals surface area contributed by atoms with Gasteiger partial charge in [-0.2, -0.15) is 0 Å². The summed E-state index contributed by atoms with van der Waals surface area (Å²) in [5.41, 5.74) is 4.07. The molecule has 2 nitrogen and oxygen atoms in total. The standard InChI is InChI=1S/C21H25FN2S/c1-3-15-4-7-20-18(12-15)19(24-10-8-23(2)9-11-24)13-16-5-6-17(22)14-21(16)25-20/h4-7,12,14,19H,3,8-11,13H2,1-2H3/t19-/m1/s1. The molecule has 0 N–H and O–H groups in total. The molecular formula is C21H25FN2S. The molecule has 1 saturated heterocycles. The van der Waals surface area contributed by atoms with Gasteiger partial charge in [0.1, 0.15) is 5.82 Å². The first-order valence-electron chi connectivity index (χ1n) is 9.15. The van der Waals surface area contributed by atoms with Crippen molar-refractivity contribution in [3.63, 3.8) is 0 Å². The second-order valence-electron chi connectivity index (χ2n) is 7.14. The molecule has 0 spiro atoms. The van der Waals surface area contributed by atoms with Crippen LogP contribution in [0.2, 0.25) is 0 Å². The molecule has 0 aromatic heterocycles. The lowest BCUT2D eigenvalue weighted by Gasteiger charge is -2.38. The number of piperazine rings is 1. The number of hydrogen-bond acceptors (Lipinski definition) is 3. The average Bonchev–Trinajstić information content (AvgIpc) is 2.78. The van der Waals surface area contributed by atoms with Crippen LogP contribution in [0, 0.1) is 5.82 Å². The van der Waals surface area contributed by atoms with Crippen LogP contribution >= 0.6 is 11.8 Å². The Balaban J connectivity index is 1.77. The van der Waals surface area contributed by atoms with E-state index in [0.29, 0.717) is 6.04 Å². The summed E-state index contributed by atoms with van der Waals surface area (Å²) in [6.07, 6.45) is 2.02. The monoisotopic (exact) mass is 356 g/mol. The van der Waals surface area contributed by atoms with Crippen molar-refractivity contribution in [3.05, 3.63) is 58.9 Å². The molecule has 132 valence electrons. The Morgan fingerprint density at radius 1 is 1.04 bits per heavy atom. The highest BCUT2D eigenvalue weighted by atomic mass is 32.2. The third-order valence-corrected chi connectivity index (χ3v) is 6.67. The van der Waals surface area contributed by atoms with Crippen LogP contribution in [0.5, 0.6) is 0 Å². The molecule has 1 atom stereocenters. The zero-order valence-corrected chi connectivity index (χ0v) is 15.8. The highest BCUT2D eigenvalue weighted by Crippen LogP contribution is 2.43. The first kappa shape index (κ1) is 17.1. The molecule has 2 aliphatic rings. The molecule has 0 radical (unpaired) electrons. The number of halogens is 1. The summed E-state index contributed by atoms with van der Waals surface area (Å²) in [6, 6.07) is 12.5. The van der Waals surface area contributed by atoms with Crippen LogP contribution in [0.25, 0.3) is 0 Å². The van der Waals surface area contributed by atoms with Crippen LogP contribution in [0.15, 0.2) is 46.2 Å². The molecule has 0 aliphatic carbocycles. The van der Waals surface area contributed by atoms with Crippen molar-refractivity contribution in [3.8, 4) is 0 Å². The zero-order chi connectivity index (χ0) is 17.4. The second-order valence-corrected chi connectivity index (χ2v) is 8.22. The van der Waals surface area contributed by atoms with E-state index in [9.17, 15) is 4.39 Å². The van der Waals surface area contributed by atoms with E-state index in [1.807, 2.05) is 6.07 Å². The largest absolute Gasteiger partial charge is 0.304 e. The Morgan fingerprint density at radius 2 is 1.84 bits per heavy atom. The van der Waals surface area contributed by atoms with Crippen LogP contribution < -0.4 is 0 Å². The van der Waals surface area contributed by atoms with Crippen molar-refractivity contribution in [1.82, 2.24) is 9.80 Å². The summed E-state index contributed by atoms with van der Waals surface area (Å²) in [7, 11) is 2.20. The maximum absolute atomic E-state index is 13.8. The smallest absolute Gasteiger partial charge is 0.124 e. The van der Waals surface area contributed by atoms with Gasteiger partial charge in [0.2, 0.25) is 0 Å². The van der Waals surface area contributed by atoms with E-state index >= 15 is 0 Å². The van der Waals surface area contributed by atoms with Gasteiger partial charge in [-0.1, -0.05) is 36.9 Å². The number of likely N-dealkylation sites (N-methyl/N-ethyl adjacent to an activating group) is 1. The van der Waals surface area contributed by atoms with Crippen molar-refractivity contribution in [1.29, 1.82) is 0 Å². The summed E-state index contributed by atoms with van der Waals surface area (Å²) < 4.78 is 13.8. The molecular weight excluding hydrogens is 331 g/mol. The maximum Gasteiger partial charge on any atom is 0.124 e. The van der Waals surface area contributed by atoms with Gasteiger partial charge in [0.15, 0.2) is 0 Å². The van der Waals surface area contributed by atoms with Gasteiger partial charge in [-0.15, -0.1) is 0 Å². The van der Waals surface area contributed by atoms with Gasteiger partial charge in [-0.3, -0.25) is 4.90 Å². The summed E-state index contributed by atoms with van der Waals surface area (Å²) in [5, 5.41) is 0. The Labute approximate surface area is 154 Å². The van der Waals surface area contributed by atoms with Gasteiger partial charge in [0, 0.05) is 42.0 Å². The Kier molecular flexibility index (Phi) is 4.85. The minimum Gasteiger partial charge on any atom is -0.304 e. The Morgan fingerprint density at radius 3 is 2.60 bits per heavy atom. The third-order valence-electron chi connectivity index (χ3n) is 5.48. The molecule has 2 heterocycles. The van der Waals surface area contributed by atoms with E-state index in [0.717, 1.165) is 43.9 Å². The molecule has 0 unspecified atom stereocenters. The van der Waals surface area contributed by atoms with Crippen molar-refractivity contribution >= 4 is 11.8 Å². The average molecular weight is 357 g/mol. The molecule has 25 heavy (non-hydrogen) atoms. The van der Waals surface area contributed by atoms with E-state index in [-0.39, 0.29) is 5.82 Å². The minimum atomic E-state index is -0.143. The fourth-order valence-corrected chi connectivity index (χ4v) is 5.00. The second kappa shape index (κ2) is 7.10. The number of aryl methyl sites for hydroxylation is 1. The number of benzene rings is 2. The highest BCUT2D eigenvalue weighted by molar-refractivity contribution is 7.99. The number of fused-ring (bicyclic) bond motifs is 2. The van der Waals surface area contributed by atoms with Gasteiger partial charge in [0.05, 0.1) is 0 Å². The van der Waals surface area contributed by atoms with Crippen LogP contribution in [-0.4, -0.2) is 43.0 Å². The fourth-order valence-electron chi connectivity index (χ4n) is 3.86. The summed E-state index contributed by atoms with van der Waals surface area (Å²) in [5.74, 6) is -0.143. The van der Waals surface area contributed by atoms with E-state index in [1.165, 1.54) is 21.6 Å².